The van der Waals surface area contributed by atoms with Gasteiger partial charge in [0.05, 0.1) is 0 Å². The molecule has 0 aromatic heterocycles. The molecule has 0 aromatic rings. The van der Waals surface area contributed by atoms with Crippen molar-refractivity contribution in [2.24, 2.45) is 0 Å². The van der Waals surface area contributed by atoms with Crippen LogP contribution in [0.2, 0.25) is 0 Å². The molecule has 0 spiro atoms. The average molecular weight is 641 g/mol. The Labute approximate surface area is 287 Å². The molecule has 0 aliphatic heterocycles. The summed E-state index contributed by atoms with van der Waals surface area (Å²) in [6.07, 6.45) is 46.4. The lowest BCUT2D eigenvalue weighted by Gasteiger charge is -2.11. The van der Waals surface area contributed by atoms with Gasteiger partial charge in [-0.3, -0.25) is 0 Å². The molecule has 4 N–H and O–H groups in total. The maximum absolute atomic E-state index is 3.50. The topological polar surface area (TPSA) is 55.6 Å². The van der Waals surface area contributed by atoms with Crippen molar-refractivity contribution in [3.63, 3.8) is 0 Å². The molecule has 45 heavy (non-hydrogen) atoms. The second-order valence-corrected chi connectivity index (χ2v) is 14.4. The predicted molar refractivity (Wildman–Crippen MR) is 209 cm³/mol. The van der Waals surface area contributed by atoms with E-state index in [1.807, 2.05) is 0 Å². The Balaban J connectivity index is -0.000000767. The van der Waals surface area contributed by atoms with Gasteiger partial charge >= 0.3 is 0 Å². The van der Waals surface area contributed by atoms with E-state index in [1.54, 1.807) is 0 Å². The van der Waals surface area contributed by atoms with Crippen molar-refractivity contribution in [3.05, 3.63) is 0 Å². The fourth-order valence-corrected chi connectivity index (χ4v) is 6.54. The van der Waals surface area contributed by atoms with E-state index >= 15 is 0 Å². The summed E-state index contributed by atoms with van der Waals surface area (Å²) in [5.74, 6) is 0. The van der Waals surface area contributed by atoms with Crippen LogP contribution in [0.15, 0.2) is 0 Å². The SMILES string of the molecule is CCCCCCCCCCCCCCCCCC(C)NCC.CCCCCCCCCCCCCCCCCC(C)NCC.O. The number of rotatable bonds is 36. The highest BCUT2D eigenvalue weighted by atomic mass is 16.0. The smallest absolute Gasteiger partial charge is 0.00386 e. The molecule has 0 aromatic carbocycles. The number of nitrogens with one attached hydrogen (secondary N) is 2. The van der Waals surface area contributed by atoms with Crippen molar-refractivity contribution in [3.8, 4) is 0 Å². The van der Waals surface area contributed by atoms with Crippen LogP contribution in [0.1, 0.15) is 247 Å². The normalized spacial score (nSPS) is 12.4. The Kier molecular flexibility index (Phi) is 50.4. The maximum atomic E-state index is 3.50. The molecule has 0 saturated heterocycles. The molecule has 0 amide bonds. The van der Waals surface area contributed by atoms with Crippen LogP contribution < -0.4 is 10.6 Å². The molecule has 0 aliphatic rings. The second kappa shape index (κ2) is 46.0. The first-order valence-corrected chi connectivity index (χ1v) is 21.1. The van der Waals surface area contributed by atoms with Crippen molar-refractivity contribution in [1.29, 1.82) is 0 Å². The van der Waals surface area contributed by atoms with Gasteiger partial charge in [-0.15, -0.1) is 0 Å². The van der Waals surface area contributed by atoms with Gasteiger partial charge < -0.3 is 16.1 Å². The summed E-state index contributed by atoms with van der Waals surface area (Å²) >= 11 is 0. The van der Waals surface area contributed by atoms with Crippen molar-refractivity contribution in [1.82, 2.24) is 10.6 Å². The third kappa shape index (κ3) is 48.4. The van der Waals surface area contributed by atoms with Gasteiger partial charge in [-0.25, -0.2) is 0 Å². The summed E-state index contributed by atoms with van der Waals surface area (Å²) in [6.45, 7) is 15.8. The Bertz CT molecular complexity index is 430. The summed E-state index contributed by atoms with van der Waals surface area (Å²) in [5, 5.41) is 6.99. The van der Waals surface area contributed by atoms with Gasteiger partial charge in [-0.1, -0.05) is 220 Å². The van der Waals surface area contributed by atoms with Crippen LogP contribution in [-0.2, 0) is 0 Å². The van der Waals surface area contributed by atoms with E-state index in [1.165, 1.54) is 205 Å². The molecule has 0 aliphatic carbocycles. The molecule has 0 radical (unpaired) electrons. The van der Waals surface area contributed by atoms with E-state index in [2.05, 4.69) is 52.2 Å². The van der Waals surface area contributed by atoms with E-state index in [-0.39, 0.29) is 5.48 Å². The Morgan fingerprint density at radius 1 is 0.289 bits per heavy atom. The Morgan fingerprint density at radius 2 is 0.467 bits per heavy atom. The van der Waals surface area contributed by atoms with Gasteiger partial charge in [-0.05, 0) is 39.8 Å². The Morgan fingerprint density at radius 3 is 0.644 bits per heavy atom. The van der Waals surface area contributed by atoms with Gasteiger partial charge in [0, 0.05) is 12.1 Å². The molecule has 0 bridgehead atoms. The van der Waals surface area contributed by atoms with Crippen molar-refractivity contribution < 1.29 is 5.48 Å². The van der Waals surface area contributed by atoms with Crippen LogP contribution in [0.25, 0.3) is 0 Å². The number of unbranched alkanes of at least 4 members (excludes halogenated alkanes) is 28. The molecule has 3 heteroatoms. The largest absolute Gasteiger partial charge is 0.412 e. The van der Waals surface area contributed by atoms with Gasteiger partial charge in [0.1, 0.15) is 0 Å². The minimum absolute atomic E-state index is 0. The van der Waals surface area contributed by atoms with Gasteiger partial charge in [0.25, 0.3) is 0 Å². The van der Waals surface area contributed by atoms with Crippen molar-refractivity contribution in [2.75, 3.05) is 13.1 Å². The molecule has 0 fully saturated rings. The third-order valence-electron chi connectivity index (χ3n) is 9.59. The molecule has 2 atom stereocenters. The first-order valence-electron chi connectivity index (χ1n) is 21.1. The van der Waals surface area contributed by atoms with Gasteiger partial charge in [-0.2, -0.15) is 0 Å². The summed E-state index contributed by atoms with van der Waals surface area (Å²) in [5.41, 5.74) is 0. The van der Waals surface area contributed by atoms with Crippen LogP contribution in [-0.4, -0.2) is 30.6 Å². The van der Waals surface area contributed by atoms with E-state index in [0.29, 0.717) is 12.1 Å². The summed E-state index contributed by atoms with van der Waals surface area (Å²) < 4.78 is 0. The van der Waals surface area contributed by atoms with Crippen molar-refractivity contribution >= 4 is 0 Å². The highest BCUT2D eigenvalue weighted by Gasteiger charge is 2.00. The zero-order valence-corrected chi connectivity index (χ0v) is 32.7. The molecular formula is C42H92N2O. The molecular weight excluding hydrogens is 548 g/mol. The van der Waals surface area contributed by atoms with E-state index < -0.39 is 0 Å². The first-order chi connectivity index (χ1) is 21.6. The van der Waals surface area contributed by atoms with Crippen LogP contribution in [0, 0.1) is 0 Å². The molecule has 0 heterocycles. The first kappa shape index (κ1) is 49.3. The predicted octanol–water partition coefficient (Wildman–Crippen LogP) is 13.7. The van der Waals surface area contributed by atoms with E-state index in [0.717, 1.165) is 13.1 Å². The summed E-state index contributed by atoms with van der Waals surface area (Å²) in [7, 11) is 0. The van der Waals surface area contributed by atoms with Crippen molar-refractivity contribution in [2.45, 2.75) is 259 Å². The zero-order chi connectivity index (χ0) is 32.6. The monoisotopic (exact) mass is 641 g/mol. The van der Waals surface area contributed by atoms with Crippen LogP contribution >= 0.6 is 0 Å². The summed E-state index contributed by atoms with van der Waals surface area (Å²) in [6, 6.07) is 1.43. The van der Waals surface area contributed by atoms with E-state index in [4.69, 9.17) is 0 Å². The van der Waals surface area contributed by atoms with Crippen LogP contribution in [0.4, 0.5) is 0 Å². The second-order valence-electron chi connectivity index (χ2n) is 14.4. The molecule has 0 rings (SSSR count). The molecule has 3 nitrogen and oxygen atoms in total. The average Bonchev–Trinajstić information content (AvgIpc) is 3.01. The number of hydrogen-bond acceptors (Lipinski definition) is 2. The van der Waals surface area contributed by atoms with E-state index in [9.17, 15) is 0 Å². The lowest BCUT2D eigenvalue weighted by Crippen LogP contribution is -2.25. The quantitative estimate of drug-likeness (QED) is 0.0669. The highest BCUT2D eigenvalue weighted by Crippen LogP contribution is 2.15. The van der Waals surface area contributed by atoms with Crippen LogP contribution in [0.3, 0.4) is 0 Å². The maximum Gasteiger partial charge on any atom is 0.00386 e. The fraction of sp³-hybridized carbons (Fsp3) is 1.00. The minimum Gasteiger partial charge on any atom is -0.412 e. The molecule has 276 valence electrons. The highest BCUT2D eigenvalue weighted by molar-refractivity contribution is 4.60. The van der Waals surface area contributed by atoms with Gasteiger partial charge in [0.2, 0.25) is 0 Å². The van der Waals surface area contributed by atoms with Gasteiger partial charge in [0.15, 0.2) is 0 Å². The zero-order valence-electron chi connectivity index (χ0n) is 32.7. The fourth-order valence-electron chi connectivity index (χ4n) is 6.54. The van der Waals surface area contributed by atoms with Crippen LogP contribution in [0.5, 0.6) is 0 Å². The standard InChI is InChI=1S/2C21H45N.H2O/c2*1-4-6-7-8-9-10-11-12-13-14-15-16-17-18-19-20-21(3)22-5-2;/h2*21-22H,4-20H2,1-3H3;1H2. The lowest BCUT2D eigenvalue weighted by atomic mass is 10.0. The minimum atomic E-state index is 0. The lowest BCUT2D eigenvalue weighted by molar-refractivity contribution is 0.484. The molecule has 2 unspecified atom stereocenters. The summed E-state index contributed by atoms with van der Waals surface area (Å²) in [4.78, 5) is 0. The number of hydrogen-bond donors (Lipinski definition) is 2. The Hall–Kier alpha value is -0.120. The molecule has 0 saturated carbocycles. The third-order valence-corrected chi connectivity index (χ3v) is 9.59.